The maximum atomic E-state index is 6.59. The van der Waals surface area contributed by atoms with Crippen molar-refractivity contribution in [3.05, 3.63) is 212 Å². The third kappa shape index (κ3) is 6.49. The molecule has 7 nitrogen and oxygen atoms in total. The van der Waals surface area contributed by atoms with Crippen molar-refractivity contribution in [2.45, 2.75) is 0 Å². The molecule has 4 heterocycles. The molecule has 0 aliphatic rings. The summed E-state index contributed by atoms with van der Waals surface area (Å²) in [4.78, 5) is 25.6. The molecule has 0 saturated heterocycles. The molecule has 13 aromatic rings. The molecule has 0 saturated carbocycles. The minimum atomic E-state index is 0.540. The number of nitrogens with zero attached hydrogens (tertiary/aromatic N) is 5. The predicted molar refractivity (Wildman–Crippen MR) is 266 cm³/mol. The van der Waals surface area contributed by atoms with Crippen molar-refractivity contribution in [1.29, 1.82) is 0 Å². The first-order valence-electron chi connectivity index (χ1n) is 21.9. The van der Waals surface area contributed by atoms with Crippen LogP contribution < -0.4 is 0 Å². The van der Waals surface area contributed by atoms with Crippen molar-refractivity contribution in [2.75, 3.05) is 0 Å². The number of hydrogen-bond acceptors (Lipinski definition) is 7. The molecule has 0 aliphatic heterocycles. The first-order valence-corrected chi connectivity index (χ1v) is 21.9. The summed E-state index contributed by atoms with van der Waals surface area (Å²) < 4.78 is 13.0. The van der Waals surface area contributed by atoms with E-state index in [-0.39, 0.29) is 0 Å². The third-order valence-electron chi connectivity index (χ3n) is 12.3. The van der Waals surface area contributed by atoms with Crippen LogP contribution in [0.3, 0.4) is 0 Å². The van der Waals surface area contributed by atoms with Gasteiger partial charge < -0.3 is 8.83 Å². The first-order chi connectivity index (χ1) is 32.7. The third-order valence-corrected chi connectivity index (χ3v) is 12.3. The highest BCUT2D eigenvalue weighted by Crippen LogP contribution is 2.39. The van der Waals surface area contributed by atoms with E-state index in [0.29, 0.717) is 23.3 Å². The van der Waals surface area contributed by atoms with E-state index in [1.165, 1.54) is 0 Å². The Kier molecular flexibility index (Phi) is 8.70. The van der Waals surface area contributed by atoms with Gasteiger partial charge in [-0.3, -0.25) is 0 Å². The Balaban J connectivity index is 0.909. The van der Waals surface area contributed by atoms with E-state index >= 15 is 0 Å². The van der Waals surface area contributed by atoms with Gasteiger partial charge in [0, 0.05) is 54.7 Å². The summed E-state index contributed by atoms with van der Waals surface area (Å²) in [5, 5.41) is 6.48. The van der Waals surface area contributed by atoms with Crippen molar-refractivity contribution in [1.82, 2.24) is 24.9 Å². The number of rotatable bonds is 7. The van der Waals surface area contributed by atoms with Gasteiger partial charge in [0.25, 0.3) is 0 Å². The van der Waals surface area contributed by atoms with Crippen LogP contribution in [0.1, 0.15) is 0 Å². The van der Waals surface area contributed by atoms with Crippen molar-refractivity contribution in [3.8, 4) is 79.2 Å². The molecule has 0 N–H and O–H groups in total. The van der Waals surface area contributed by atoms with Gasteiger partial charge in [-0.15, -0.1) is 0 Å². The number of fused-ring (bicyclic) bond motifs is 8. The van der Waals surface area contributed by atoms with Gasteiger partial charge in [-0.1, -0.05) is 164 Å². The summed E-state index contributed by atoms with van der Waals surface area (Å²) in [5.74, 6) is 2.33. The Bertz CT molecular complexity index is 4010. The topological polar surface area (TPSA) is 90.7 Å². The zero-order valence-corrected chi connectivity index (χ0v) is 35.3. The van der Waals surface area contributed by atoms with Gasteiger partial charge in [-0.05, 0) is 65.0 Å². The second-order valence-electron chi connectivity index (χ2n) is 16.4. The van der Waals surface area contributed by atoms with Crippen molar-refractivity contribution in [2.24, 2.45) is 0 Å². The van der Waals surface area contributed by atoms with Crippen molar-refractivity contribution in [3.63, 3.8) is 0 Å². The second kappa shape index (κ2) is 15.3. The van der Waals surface area contributed by atoms with E-state index in [1.54, 1.807) is 0 Å². The standard InChI is InChI=1S/C59H35N5O2/c1-3-15-37(16-4-1)56-60-50(35-51(61-56)42-29-30-46-48-31-28-36-14-7-8-23-44(36)54(48)66-53(46)34-42)41-21-11-19-39(32-41)40-20-12-22-43(33-40)58-62-57(38-17-5-2-6-18-38)63-59(64-58)49-26-13-25-47-45-24-9-10-27-52(45)65-55(47)49/h1-35H. The first kappa shape index (κ1) is 37.5. The molecule has 66 heavy (non-hydrogen) atoms. The van der Waals surface area contributed by atoms with E-state index in [0.717, 1.165) is 111 Å². The Morgan fingerprint density at radius 2 is 0.758 bits per heavy atom. The quantitative estimate of drug-likeness (QED) is 0.158. The lowest BCUT2D eigenvalue weighted by atomic mass is 9.98. The van der Waals surface area contributed by atoms with Crippen molar-refractivity contribution < 1.29 is 8.83 Å². The fourth-order valence-electron chi connectivity index (χ4n) is 9.08. The molecule has 0 fully saturated rings. The molecule has 7 heteroatoms. The molecule has 4 aromatic heterocycles. The largest absolute Gasteiger partial charge is 0.455 e. The van der Waals surface area contributed by atoms with Crippen LogP contribution in [0.4, 0.5) is 0 Å². The molecule has 0 radical (unpaired) electrons. The lowest BCUT2D eigenvalue weighted by Crippen LogP contribution is -2.00. The van der Waals surface area contributed by atoms with Crippen LogP contribution in [-0.2, 0) is 0 Å². The highest BCUT2D eigenvalue weighted by Gasteiger charge is 2.19. The maximum Gasteiger partial charge on any atom is 0.167 e. The lowest BCUT2D eigenvalue weighted by molar-refractivity contribution is 0.669. The minimum absolute atomic E-state index is 0.540. The van der Waals surface area contributed by atoms with Gasteiger partial charge >= 0.3 is 0 Å². The molecule has 0 amide bonds. The van der Waals surface area contributed by atoms with Crippen LogP contribution in [0.2, 0.25) is 0 Å². The van der Waals surface area contributed by atoms with Gasteiger partial charge in [0.1, 0.15) is 22.3 Å². The van der Waals surface area contributed by atoms with Crippen LogP contribution in [0.25, 0.3) is 134 Å². The maximum absolute atomic E-state index is 6.59. The van der Waals surface area contributed by atoms with Crippen molar-refractivity contribution >= 4 is 54.6 Å². The van der Waals surface area contributed by atoms with Gasteiger partial charge in [-0.25, -0.2) is 24.9 Å². The molecule has 0 bridgehead atoms. The lowest BCUT2D eigenvalue weighted by Gasteiger charge is -2.12. The van der Waals surface area contributed by atoms with Gasteiger partial charge in [0.15, 0.2) is 23.3 Å². The number of benzene rings is 9. The number of para-hydroxylation sites is 2. The van der Waals surface area contributed by atoms with Crippen LogP contribution in [0.5, 0.6) is 0 Å². The Hall–Kier alpha value is -9.07. The van der Waals surface area contributed by atoms with Gasteiger partial charge in [-0.2, -0.15) is 0 Å². The molecule has 0 atom stereocenters. The predicted octanol–water partition coefficient (Wildman–Crippen LogP) is 15.3. The molecule has 308 valence electrons. The number of hydrogen-bond donors (Lipinski definition) is 0. The average Bonchev–Trinajstić information content (AvgIpc) is 3.98. The monoisotopic (exact) mass is 845 g/mol. The molecular formula is C59H35N5O2. The zero-order valence-electron chi connectivity index (χ0n) is 35.3. The van der Waals surface area contributed by atoms with Crippen LogP contribution in [-0.4, -0.2) is 24.9 Å². The fourth-order valence-corrected chi connectivity index (χ4v) is 9.08. The Morgan fingerprint density at radius 1 is 0.258 bits per heavy atom. The Morgan fingerprint density at radius 3 is 1.53 bits per heavy atom. The van der Waals surface area contributed by atoms with E-state index in [2.05, 4.69) is 115 Å². The van der Waals surface area contributed by atoms with E-state index in [1.807, 2.05) is 97.1 Å². The second-order valence-corrected chi connectivity index (χ2v) is 16.4. The molecule has 0 aliphatic carbocycles. The molecular weight excluding hydrogens is 811 g/mol. The molecule has 0 spiro atoms. The Labute approximate surface area is 378 Å². The summed E-state index contributed by atoms with van der Waals surface area (Å²) in [5.41, 5.74) is 12.3. The normalized spacial score (nSPS) is 11.6. The number of furan rings is 2. The molecule has 0 unspecified atom stereocenters. The highest BCUT2D eigenvalue weighted by atomic mass is 16.3. The number of aromatic nitrogens is 5. The summed E-state index contributed by atoms with van der Waals surface area (Å²) in [7, 11) is 0. The molecule has 13 rings (SSSR count). The van der Waals surface area contributed by atoms with E-state index < -0.39 is 0 Å². The summed E-state index contributed by atoms with van der Waals surface area (Å²) in [6.45, 7) is 0. The summed E-state index contributed by atoms with van der Waals surface area (Å²) >= 11 is 0. The van der Waals surface area contributed by atoms with E-state index in [4.69, 9.17) is 33.8 Å². The van der Waals surface area contributed by atoms with Crippen LogP contribution >= 0.6 is 0 Å². The van der Waals surface area contributed by atoms with Crippen LogP contribution in [0.15, 0.2) is 221 Å². The minimum Gasteiger partial charge on any atom is -0.455 e. The van der Waals surface area contributed by atoms with Gasteiger partial charge in [0.2, 0.25) is 0 Å². The highest BCUT2D eigenvalue weighted by molar-refractivity contribution is 6.15. The summed E-state index contributed by atoms with van der Waals surface area (Å²) in [6.07, 6.45) is 0. The van der Waals surface area contributed by atoms with Gasteiger partial charge in [0.05, 0.1) is 17.0 Å². The van der Waals surface area contributed by atoms with E-state index in [9.17, 15) is 0 Å². The zero-order chi connectivity index (χ0) is 43.6. The smallest absolute Gasteiger partial charge is 0.167 e. The summed E-state index contributed by atoms with van der Waals surface area (Å²) in [6, 6.07) is 72.3. The fraction of sp³-hybridized carbons (Fsp3) is 0. The average molecular weight is 846 g/mol. The van der Waals surface area contributed by atoms with Crippen LogP contribution in [0, 0.1) is 0 Å². The SMILES string of the molecule is c1ccc(-c2nc(-c3cccc(-c4cccc(-c5nc(-c6ccccc6)nc(-c6cccc7c6oc6ccccc67)n5)c4)c3)cc(-c3ccc4c(c3)oc3c5ccccc5ccc43)n2)cc1. The molecule has 9 aromatic carbocycles.